The van der Waals surface area contributed by atoms with Gasteiger partial charge in [0.25, 0.3) is 0 Å². The molecule has 0 aromatic rings. The number of ether oxygens (including phenoxy) is 5. The van der Waals surface area contributed by atoms with Crippen molar-refractivity contribution in [3.8, 4) is 0 Å². The summed E-state index contributed by atoms with van der Waals surface area (Å²) in [4.78, 5) is 11.5. The van der Waals surface area contributed by atoms with Gasteiger partial charge in [0.1, 0.15) is 6.61 Å². The molecule has 0 rings (SSSR count). The predicted octanol–water partition coefficient (Wildman–Crippen LogP) is 3.20. The van der Waals surface area contributed by atoms with E-state index >= 15 is 0 Å². The van der Waals surface area contributed by atoms with Crippen LogP contribution < -0.4 is 0 Å². The number of hydrogen-bond donors (Lipinski definition) is 0. The van der Waals surface area contributed by atoms with E-state index in [0.717, 1.165) is 12.8 Å². The Hall–Kier alpha value is -0.400. The van der Waals surface area contributed by atoms with Gasteiger partial charge in [-0.2, -0.15) is 0 Å². The van der Waals surface area contributed by atoms with Crippen LogP contribution in [0.4, 0.5) is 0 Å². The maximum absolute atomic E-state index is 11.5. The number of rotatable bonds is 20. The molecule has 150 valence electrons. The highest BCUT2D eigenvalue weighted by atomic mass is 35.5. The van der Waals surface area contributed by atoms with Gasteiger partial charge in [-0.3, -0.25) is 4.79 Å². The maximum Gasteiger partial charge on any atom is 0.305 e. The van der Waals surface area contributed by atoms with Gasteiger partial charge in [-0.05, 0) is 6.42 Å². The molecule has 0 aliphatic carbocycles. The molecule has 0 unspecified atom stereocenters. The molecule has 0 fully saturated rings. The Bertz CT molecular complexity index is 278. The van der Waals surface area contributed by atoms with Gasteiger partial charge < -0.3 is 23.7 Å². The van der Waals surface area contributed by atoms with Crippen LogP contribution in [0.25, 0.3) is 0 Å². The Balaban J connectivity index is 3.09. The van der Waals surface area contributed by atoms with Gasteiger partial charge in [0.15, 0.2) is 0 Å². The van der Waals surface area contributed by atoms with Crippen LogP contribution in [0.15, 0.2) is 0 Å². The fourth-order valence-corrected chi connectivity index (χ4v) is 2.08. The summed E-state index contributed by atoms with van der Waals surface area (Å²) in [5, 5.41) is 0. The van der Waals surface area contributed by atoms with E-state index in [1.165, 1.54) is 19.3 Å². The fraction of sp³-hybridized carbons (Fsp3) is 0.944. The lowest BCUT2D eigenvalue weighted by atomic mass is 10.1. The van der Waals surface area contributed by atoms with Gasteiger partial charge in [-0.15, -0.1) is 11.6 Å². The minimum Gasteiger partial charge on any atom is -0.463 e. The van der Waals surface area contributed by atoms with Crippen LogP contribution in [-0.4, -0.2) is 71.3 Å². The van der Waals surface area contributed by atoms with Crippen molar-refractivity contribution < 1.29 is 28.5 Å². The van der Waals surface area contributed by atoms with E-state index in [1.54, 1.807) is 0 Å². The highest BCUT2D eigenvalue weighted by Gasteiger charge is 2.02. The zero-order valence-corrected chi connectivity index (χ0v) is 16.4. The fourth-order valence-electron chi connectivity index (χ4n) is 1.98. The predicted molar refractivity (Wildman–Crippen MR) is 98.3 cm³/mol. The van der Waals surface area contributed by atoms with Crippen LogP contribution in [0.5, 0.6) is 0 Å². The second-order valence-corrected chi connectivity index (χ2v) is 5.90. The van der Waals surface area contributed by atoms with Gasteiger partial charge in [-0.25, -0.2) is 0 Å². The molecule has 0 bridgehead atoms. The molecule has 0 aliphatic heterocycles. The molecule has 0 spiro atoms. The molecule has 0 aliphatic rings. The van der Waals surface area contributed by atoms with Gasteiger partial charge >= 0.3 is 5.97 Å². The quantitative estimate of drug-likeness (QED) is 0.183. The molecule has 0 atom stereocenters. The van der Waals surface area contributed by atoms with Gasteiger partial charge in [0.05, 0.1) is 52.9 Å². The second-order valence-electron chi connectivity index (χ2n) is 5.52. The molecular formula is C18H35ClO6. The number of unbranched alkanes of at least 4 members (excludes halogenated alkanes) is 4. The van der Waals surface area contributed by atoms with Crippen molar-refractivity contribution in [1.29, 1.82) is 0 Å². The average Bonchev–Trinajstić information content (AvgIpc) is 2.62. The first-order chi connectivity index (χ1) is 12.3. The Morgan fingerprint density at radius 1 is 0.680 bits per heavy atom. The summed E-state index contributed by atoms with van der Waals surface area (Å²) in [5.41, 5.74) is 0. The highest BCUT2D eigenvalue weighted by molar-refractivity contribution is 6.17. The van der Waals surface area contributed by atoms with Crippen LogP contribution in [0.2, 0.25) is 0 Å². The number of esters is 1. The van der Waals surface area contributed by atoms with Gasteiger partial charge in [-0.1, -0.05) is 32.6 Å². The normalized spacial score (nSPS) is 11.0. The topological polar surface area (TPSA) is 63.2 Å². The smallest absolute Gasteiger partial charge is 0.305 e. The van der Waals surface area contributed by atoms with Gasteiger partial charge in [0.2, 0.25) is 0 Å². The van der Waals surface area contributed by atoms with E-state index in [0.29, 0.717) is 71.8 Å². The number of carbonyl (C=O) groups excluding carboxylic acids is 1. The number of alkyl halides is 1. The van der Waals surface area contributed by atoms with E-state index in [1.807, 2.05) is 0 Å². The first kappa shape index (κ1) is 24.6. The van der Waals surface area contributed by atoms with Crippen molar-refractivity contribution in [1.82, 2.24) is 0 Å². The third-order valence-corrected chi connectivity index (χ3v) is 3.47. The standard InChI is InChI=1S/C18H35ClO6/c1-2-3-4-5-6-7-18(20)25-17-16-24-15-14-23-13-12-22-11-10-21-9-8-19/h2-17H2,1H3. The Morgan fingerprint density at radius 3 is 1.68 bits per heavy atom. The summed E-state index contributed by atoms with van der Waals surface area (Å²) in [6.45, 7) is 6.55. The number of halogens is 1. The SMILES string of the molecule is CCCCCCCC(=O)OCCOCCOCCOCCOCCCl. The molecule has 0 amide bonds. The van der Waals surface area contributed by atoms with E-state index in [2.05, 4.69) is 6.92 Å². The van der Waals surface area contributed by atoms with E-state index < -0.39 is 0 Å². The third-order valence-electron chi connectivity index (χ3n) is 3.31. The lowest BCUT2D eigenvalue weighted by Gasteiger charge is -2.08. The summed E-state index contributed by atoms with van der Waals surface area (Å²) in [6.07, 6.45) is 6.15. The van der Waals surface area contributed by atoms with Crippen molar-refractivity contribution in [2.45, 2.75) is 45.4 Å². The Kier molecular flexibility index (Phi) is 21.3. The van der Waals surface area contributed by atoms with Crippen LogP contribution in [0, 0.1) is 0 Å². The zero-order valence-electron chi connectivity index (χ0n) is 15.6. The van der Waals surface area contributed by atoms with Crippen LogP contribution in [0.1, 0.15) is 45.4 Å². The van der Waals surface area contributed by atoms with Crippen molar-refractivity contribution in [3.05, 3.63) is 0 Å². The highest BCUT2D eigenvalue weighted by Crippen LogP contribution is 2.05. The minimum absolute atomic E-state index is 0.136. The molecule has 0 radical (unpaired) electrons. The summed E-state index contributed by atoms with van der Waals surface area (Å²) in [7, 11) is 0. The van der Waals surface area contributed by atoms with Crippen LogP contribution in [0.3, 0.4) is 0 Å². The van der Waals surface area contributed by atoms with Crippen molar-refractivity contribution >= 4 is 17.6 Å². The van der Waals surface area contributed by atoms with E-state index in [4.69, 9.17) is 35.3 Å². The minimum atomic E-state index is -0.136. The Morgan fingerprint density at radius 2 is 1.16 bits per heavy atom. The lowest BCUT2D eigenvalue weighted by Crippen LogP contribution is -2.14. The van der Waals surface area contributed by atoms with E-state index in [9.17, 15) is 4.79 Å². The second kappa shape index (κ2) is 21.6. The zero-order chi connectivity index (χ0) is 18.4. The first-order valence-electron chi connectivity index (χ1n) is 9.33. The summed E-state index contributed by atoms with van der Waals surface area (Å²) < 4.78 is 26.3. The summed E-state index contributed by atoms with van der Waals surface area (Å²) in [6, 6.07) is 0. The molecule has 0 saturated heterocycles. The van der Waals surface area contributed by atoms with Crippen molar-refractivity contribution in [2.75, 3.05) is 65.3 Å². The monoisotopic (exact) mass is 382 g/mol. The average molecular weight is 383 g/mol. The molecule has 0 N–H and O–H groups in total. The Labute approximate surface area is 157 Å². The molecular weight excluding hydrogens is 348 g/mol. The number of carbonyl (C=O) groups is 1. The van der Waals surface area contributed by atoms with Gasteiger partial charge in [0, 0.05) is 12.3 Å². The van der Waals surface area contributed by atoms with E-state index in [-0.39, 0.29) is 5.97 Å². The molecule has 25 heavy (non-hydrogen) atoms. The summed E-state index contributed by atoms with van der Waals surface area (Å²) >= 11 is 5.47. The largest absolute Gasteiger partial charge is 0.463 e. The molecule has 7 heteroatoms. The van der Waals surface area contributed by atoms with Crippen molar-refractivity contribution in [2.24, 2.45) is 0 Å². The van der Waals surface area contributed by atoms with Crippen molar-refractivity contribution in [3.63, 3.8) is 0 Å². The molecule has 0 aromatic carbocycles. The lowest BCUT2D eigenvalue weighted by molar-refractivity contribution is -0.145. The molecule has 6 nitrogen and oxygen atoms in total. The van der Waals surface area contributed by atoms with Crippen LogP contribution >= 0.6 is 11.6 Å². The van der Waals surface area contributed by atoms with Crippen LogP contribution in [-0.2, 0) is 28.5 Å². The molecule has 0 aromatic heterocycles. The molecule has 0 heterocycles. The maximum atomic E-state index is 11.5. The third kappa shape index (κ3) is 21.6. The first-order valence-corrected chi connectivity index (χ1v) is 9.87. The summed E-state index contributed by atoms with van der Waals surface area (Å²) in [5.74, 6) is 0.366. The molecule has 0 saturated carbocycles. The number of hydrogen-bond acceptors (Lipinski definition) is 6.